The van der Waals surface area contributed by atoms with Crippen molar-refractivity contribution >= 4 is 5.69 Å². The molecule has 3 nitrogen and oxygen atoms in total. The summed E-state index contributed by atoms with van der Waals surface area (Å²) in [4.78, 5) is 2.18. The lowest BCUT2D eigenvalue weighted by molar-refractivity contribution is 0.373. The Bertz CT molecular complexity index is 608. The van der Waals surface area contributed by atoms with Crippen LogP contribution in [0.1, 0.15) is 16.7 Å². The zero-order chi connectivity index (χ0) is 14.7. The Morgan fingerprint density at radius 1 is 1.10 bits per heavy atom. The Balaban J connectivity index is 2.18. The van der Waals surface area contributed by atoms with Crippen LogP contribution in [0.4, 0.5) is 5.69 Å². The van der Waals surface area contributed by atoms with Gasteiger partial charge in [-0.05, 0) is 43.2 Å². The molecule has 3 heteroatoms. The van der Waals surface area contributed by atoms with Crippen molar-refractivity contribution in [1.29, 1.82) is 0 Å². The van der Waals surface area contributed by atoms with Gasteiger partial charge in [-0.25, -0.2) is 0 Å². The van der Waals surface area contributed by atoms with E-state index in [1.807, 2.05) is 6.07 Å². The first-order valence-corrected chi connectivity index (χ1v) is 6.65. The molecule has 0 aromatic heterocycles. The van der Waals surface area contributed by atoms with Crippen LogP contribution in [0.5, 0.6) is 11.5 Å². The number of phenolic OH excluding ortho intramolecular Hbond substituents is 1. The summed E-state index contributed by atoms with van der Waals surface area (Å²) in [5, 5.41) is 9.82. The van der Waals surface area contributed by atoms with Crippen LogP contribution in [0, 0.1) is 13.8 Å². The number of anilines is 1. The molecule has 2 aromatic carbocycles. The van der Waals surface area contributed by atoms with Crippen LogP contribution in [0.25, 0.3) is 0 Å². The van der Waals surface area contributed by atoms with Gasteiger partial charge in [0.25, 0.3) is 0 Å². The Labute approximate surface area is 120 Å². The standard InChI is InChI=1S/C17H21NO2/c1-12-5-7-15(13(2)9-12)18(3)11-14-6-8-17(20-4)16(19)10-14/h5-10,19H,11H2,1-4H3. The van der Waals surface area contributed by atoms with Gasteiger partial charge in [-0.1, -0.05) is 23.8 Å². The van der Waals surface area contributed by atoms with Gasteiger partial charge >= 0.3 is 0 Å². The highest BCUT2D eigenvalue weighted by Gasteiger charge is 2.08. The smallest absolute Gasteiger partial charge is 0.160 e. The van der Waals surface area contributed by atoms with E-state index in [-0.39, 0.29) is 5.75 Å². The maximum Gasteiger partial charge on any atom is 0.160 e. The molecular weight excluding hydrogens is 250 g/mol. The van der Waals surface area contributed by atoms with Gasteiger partial charge in [0.1, 0.15) is 0 Å². The molecule has 0 amide bonds. The third kappa shape index (κ3) is 3.05. The Kier molecular flexibility index (Phi) is 4.18. The molecule has 0 radical (unpaired) electrons. The van der Waals surface area contributed by atoms with Crippen LogP contribution < -0.4 is 9.64 Å². The van der Waals surface area contributed by atoms with Gasteiger partial charge in [0, 0.05) is 19.3 Å². The highest BCUT2D eigenvalue weighted by Crippen LogP contribution is 2.28. The van der Waals surface area contributed by atoms with E-state index < -0.39 is 0 Å². The topological polar surface area (TPSA) is 32.7 Å². The van der Waals surface area contributed by atoms with Gasteiger partial charge in [-0.15, -0.1) is 0 Å². The van der Waals surface area contributed by atoms with E-state index >= 15 is 0 Å². The lowest BCUT2D eigenvalue weighted by atomic mass is 10.1. The van der Waals surface area contributed by atoms with Gasteiger partial charge < -0.3 is 14.7 Å². The molecule has 0 heterocycles. The second kappa shape index (κ2) is 5.87. The molecule has 0 fully saturated rings. The highest BCUT2D eigenvalue weighted by atomic mass is 16.5. The molecule has 0 saturated carbocycles. The van der Waals surface area contributed by atoms with Crippen molar-refractivity contribution in [3.8, 4) is 11.5 Å². The van der Waals surface area contributed by atoms with Gasteiger partial charge in [0.2, 0.25) is 0 Å². The predicted molar refractivity (Wildman–Crippen MR) is 82.7 cm³/mol. The molecule has 20 heavy (non-hydrogen) atoms. The molecule has 106 valence electrons. The molecule has 0 aliphatic rings. The minimum Gasteiger partial charge on any atom is -0.504 e. The van der Waals surface area contributed by atoms with E-state index in [4.69, 9.17) is 4.74 Å². The van der Waals surface area contributed by atoms with E-state index in [2.05, 4.69) is 44.0 Å². The van der Waals surface area contributed by atoms with E-state index in [0.717, 1.165) is 12.1 Å². The number of methoxy groups -OCH3 is 1. The number of ether oxygens (including phenoxy) is 1. The first-order valence-electron chi connectivity index (χ1n) is 6.65. The van der Waals surface area contributed by atoms with Crippen LogP contribution in [0.15, 0.2) is 36.4 Å². The van der Waals surface area contributed by atoms with E-state index in [0.29, 0.717) is 5.75 Å². The average molecular weight is 271 g/mol. The van der Waals surface area contributed by atoms with Crippen molar-refractivity contribution in [2.24, 2.45) is 0 Å². The largest absolute Gasteiger partial charge is 0.504 e. The summed E-state index contributed by atoms with van der Waals surface area (Å²) >= 11 is 0. The Hall–Kier alpha value is -2.16. The number of nitrogens with zero attached hydrogens (tertiary/aromatic N) is 1. The zero-order valence-electron chi connectivity index (χ0n) is 12.5. The minimum atomic E-state index is 0.180. The fourth-order valence-corrected chi connectivity index (χ4v) is 2.43. The van der Waals surface area contributed by atoms with Crippen LogP contribution in [-0.4, -0.2) is 19.3 Å². The summed E-state index contributed by atoms with van der Waals surface area (Å²) in [5.74, 6) is 0.682. The van der Waals surface area contributed by atoms with E-state index in [1.54, 1.807) is 19.2 Å². The summed E-state index contributed by atoms with van der Waals surface area (Å²) < 4.78 is 5.06. The molecule has 0 bridgehead atoms. The molecule has 2 aromatic rings. The third-order valence-electron chi connectivity index (χ3n) is 3.43. The van der Waals surface area contributed by atoms with Gasteiger partial charge in [0.05, 0.1) is 7.11 Å². The number of aryl methyl sites for hydroxylation is 2. The fraction of sp³-hybridized carbons (Fsp3) is 0.294. The predicted octanol–water partition coefficient (Wildman–Crippen LogP) is 3.65. The molecule has 0 spiro atoms. The summed E-state index contributed by atoms with van der Waals surface area (Å²) in [5.41, 5.74) is 4.77. The van der Waals surface area contributed by atoms with Crippen molar-refractivity contribution in [1.82, 2.24) is 0 Å². The summed E-state index contributed by atoms with van der Waals surface area (Å²) in [7, 11) is 3.61. The molecule has 2 rings (SSSR count). The highest BCUT2D eigenvalue weighted by molar-refractivity contribution is 5.54. The number of hydrogen-bond acceptors (Lipinski definition) is 3. The number of rotatable bonds is 4. The molecule has 0 aliphatic carbocycles. The van der Waals surface area contributed by atoms with Crippen molar-refractivity contribution in [3.05, 3.63) is 53.1 Å². The average Bonchev–Trinajstić information content (AvgIpc) is 2.38. The monoisotopic (exact) mass is 271 g/mol. The molecule has 0 unspecified atom stereocenters. The van der Waals surface area contributed by atoms with Gasteiger partial charge in [-0.2, -0.15) is 0 Å². The number of benzene rings is 2. The van der Waals surface area contributed by atoms with Crippen molar-refractivity contribution in [2.45, 2.75) is 20.4 Å². The first-order chi connectivity index (χ1) is 9.51. The van der Waals surface area contributed by atoms with Crippen LogP contribution in [0.3, 0.4) is 0 Å². The van der Waals surface area contributed by atoms with Gasteiger partial charge in [0.15, 0.2) is 11.5 Å². The van der Waals surface area contributed by atoms with Gasteiger partial charge in [-0.3, -0.25) is 0 Å². The second-order valence-corrected chi connectivity index (χ2v) is 5.15. The fourth-order valence-electron chi connectivity index (χ4n) is 2.43. The third-order valence-corrected chi connectivity index (χ3v) is 3.43. The van der Waals surface area contributed by atoms with Crippen molar-refractivity contribution < 1.29 is 9.84 Å². The van der Waals surface area contributed by atoms with Crippen LogP contribution in [0.2, 0.25) is 0 Å². The number of phenols is 1. The quantitative estimate of drug-likeness (QED) is 0.921. The van der Waals surface area contributed by atoms with E-state index in [1.165, 1.54) is 16.8 Å². The summed E-state index contributed by atoms with van der Waals surface area (Å²) in [6.45, 7) is 4.95. The zero-order valence-corrected chi connectivity index (χ0v) is 12.5. The lowest BCUT2D eigenvalue weighted by Gasteiger charge is -2.22. The second-order valence-electron chi connectivity index (χ2n) is 5.15. The molecular formula is C17H21NO2. The maximum atomic E-state index is 9.82. The summed E-state index contributed by atoms with van der Waals surface area (Å²) in [6.07, 6.45) is 0. The van der Waals surface area contributed by atoms with Crippen molar-refractivity contribution in [3.63, 3.8) is 0 Å². The Morgan fingerprint density at radius 3 is 2.45 bits per heavy atom. The SMILES string of the molecule is COc1ccc(CN(C)c2ccc(C)cc2C)cc1O. The van der Waals surface area contributed by atoms with Crippen LogP contribution in [-0.2, 0) is 6.54 Å². The Morgan fingerprint density at radius 2 is 1.85 bits per heavy atom. The molecule has 0 aliphatic heterocycles. The molecule has 0 atom stereocenters. The number of hydrogen-bond donors (Lipinski definition) is 1. The lowest BCUT2D eigenvalue weighted by Crippen LogP contribution is -2.17. The first kappa shape index (κ1) is 14.3. The molecule has 0 saturated heterocycles. The van der Waals surface area contributed by atoms with E-state index in [9.17, 15) is 5.11 Å². The molecule has 1 N–H and O–H groups in total. The summed E-state index contributed by atoms with van der Waals surface area (Å²) in [6, 6.07) is 11.9. The van der Waals surface area contributed by atoms with Crippen LogP contribution >= 0.6 is 0 Å². The normalized spacial score (nSPS) is 10.4. The number of aromatic hydroxyl groups is 1. The maximum absolute atomic E-state index is 9.82. The minimum absolute atomic E-state index is 0.180. The van der Waals surface area contributed by atoms with Crippen molar-refractivity contribution in [2.75, 3.05) is 19.1 Å².